The van der Waals surface area contributed by atoms with Gasteiger partial charge in [-0.05, 0) is 30.0 Å². The van der Waals surface area contributed by atoms with Crippen LogP contribution < -0.4 is 4.74 Å². The van der Waals surface area contributed by atoms with Crippen LogP contribution in [0.1, 0.15) is 42.2 Å². The number of methoxy groups -OCH3 is 1. The molecule has 0 fully saturated rings. The summed E-state index contributed by atoms with van der Waals surface area (Å²) in [6, 6.07) is 14.0. The molecule has 0 bridgehead atoms. The van der Waals surface area contributed by atoms with E-state index in [0.717, 1.165) is 22.4 Å². The fourth-order valence-electron chi connectivity index (χ4n) is 3.14. The van der Waals surface area contributed by atoms with Crippen molar-refractivity contribution in [1.82, 2.24) is 0 Å². The highest BCUT2D eigenvalue weighted by atomic mass is 16.5. The number of rotatable bonds is 6. The molecule has 2 aromatic carbocycles. The van der Waals surface area contributed by atoms with Gasteiger partial charge >= 0.3 is 0 Å². The summed E-state index contributed by atoms with van der Waals surface area (Å²) < 4.78 is 11.4. The summed E-state index contributed by atoms with van der Waals surface area (Å²) in [5, 5.41) is 10.7. The van der Waals surface area contributed by atoms with Crippen molar-refractivity contribution in [3.63, 3.8) is 0 Å². The van der Waals surface area contributed by atoms with Crippen LogP contribution in [0, 0.1) is 12.8 Å². The Morgan fingerprint density at radius 2 is 1.92 bits per heavy atom. The zero-order chi connectivity index (χ0) is 18.7. The molecule has 2 atom stereocenters. The first kappa shape index (κ1) is 18.5. The number of aliphatic hydroxyl groups is 1. The Hall–Kier alpha value is -2.33. The third-order valence-corrected chi connectivity index (χ3v) is 4.87. The number of aliphatic imine (C=N–C) groups is 1. The summed E-state index contributed by atoms with van der Waals surface area (Å²) >= 11 is 0. The zero-order valence-corrected chi connectivity index (χ0v) is 15.9. The monoisotopic (exact) mass is 353 g/mol. The van der Waals surface area contributed by atoms with Gasteiger partial charge in [-0.1, -0.05) is 55.8 Å². The first-order valence-electron chi connectivity index (χ1n) is 9.11. The van der Waals surface area contributed by atoms with E-state index in [2.05, 4.69) is 13.8 Å². The van der Waals surface area contributed by atoms with Gasteiger partial charge in [-0.2, -0.15) is 0 Å². The molecule has 26 heavy (non-hydrogen) atoms. The first-order chi connectivity index (χ1) is 12.5. The molecular weight excluding hydrogens is 326 g/mol. The Bertz CT molecular complexity index is 780. The van der Waals surface area contributed by atoms with Gasteiger partial charge in [0.25, 0.3) is 0 Å². The Labute approximate surface area is 155 Å². The van der Waals surface area contributed by atoms with Gasteiger partial charge in [-0.3, -0.25) is 0 Å². The van der Waals surface area contributed by atoms with E-state index in [-0.39, 0.29) is 6.04 Å². The lowest BCUT2D eigenvalue weighted by atomic mass is 9.96. The minimum atomic E-state index is -0.593. The fraction of sp³-hybridized carbons (Fsp3) is 0.409. The van der Waals surface area contributed by atoms with Crippen LogP contribution in [0.25, 0.3) is 0 Å². The number of ether oxygens (including phenoxy) is 2. The average molecular weight is 353 g/mol. The van der Waals surface area contributed by atoms with Gasteiger partial charge in [-0.25, -0.2) is 4.99 Å². The maximum absolute atomic E-state index is 10.7. The molecule has 0 saturated heterocycles. The van der Waals surface area contributed by atoms with Gasteiger partial charge in [0.15, 0.2) is 0 Å². The number of hydrogen-bond acceptors (Lipinski definition) is 4. The molecular formula is C22H27NO3. The predicted octanol–water partition coefficient (Wildman–Crippen LogP) is 4.08. The Morgan fingerprint density at radius 3 is 2.54 bits per heavy atom. The first-order valence-corrected chi connectivity index (χ1v) is 9.11. The molecule has 1 N–H and O–H groups in total. The van der Waals surface area contributed by atoms with E-state index in [9.17, 15) is 5.11 Å². The number of benzene rings is 2. The molecule has 4 heteroatoms. The summed E-state index contributed by atoms with van der Waals surface area (Å²) in [4.78, 5) is 4.75. The molecule has 0 unspecified atom stereocenters. The standard InChI is InChI=1S/C22H27NO3/c1-14(2)18-13-26-22(23-18)21-17(6-5-7-20(21)25-4)12-19(24)16-10-8-15(3)9-11-16/h5-11,14,18-19,24H,12-13H2,1-4H3/t18-,19+/m1/s1. The molecule has 0 spiro atoms. The largest absolute Gasteiger partial charge is 0.496 e. The third-order valence-electron chi connectivity index (χ3n) is 4.87. The van der Waals surface area contributed by atoms with Gasteiger partial charge in [0, 0.05) is 6.42 Å². The highest BCUT2D eigenvalue weighted by Gasteiger charge is 2.27. The van der Waals surface area contributed by atoms with Crippen molar-refractivity contribution in [2.75, 3.05) is 13.7 Å². The molecule has 3 rings (SSSR count). The molecule has 4 nitrogen and oxygen atoms in total. The van der Waals surface area contributed by atoms with Crippen molar-refractivity contribution in [1.29, 1.82) is 0 Å². The van der Waals surface area contributed by atoms with Crippen molar-refractivity contribution < 1.29 is 14.6 Å². The highest BCUT2D eigenvalue weighted by molar-refractivity contribution is 5.99. The highest BCUT2D eigenvalue weighted by Crippen LogP contribution is 2.30. The maximum atomic E-state index is 10.7. The van der Waals surface area contributed by atoms with E-state index in [1.807, 2.05) is 49.4 Å². The maximum Gasteiger partial charge on any atom is 0.220 e. The topological polar surface area (TPSA) is 51.0 Å². The zero-order valence-electron chi connectivity index (χ0n) is 15.9. The van der Waals surface area contributed by atoms with Crippen LogP contribution in [-0.4, -0.2) is 30.8 Å². The van der Waals surface area contributed by atoms with Gasteiger partial charge < -0.3 is 14.6 Å². The SMILES string of the molecule is COc1cccc(C[C@H](O)c2ccc(C)cc2)c1C1=N[C@@H](C(C)C)CO1. The van der Waals surface area contributed by atoms with E-state index in [1.165, 1.54) is 5.56 Å². The second-order valence-corrected chi connectivity index (χ2v) is 7.18. The van der Waals surface area contributed by atoms with E-state index >= 15 is 0 Å². The summed E-state index contributed by atoms with van der Waals surface area (Å²) in [5.74, 6) is 1.76. The van der Waals surface area contributed by atoms with Crippen LogP contribution in [0.4, 0.5) is 0 Å². The van der Waals surface area contributed by atoms with Crippen LogP contribution in [0.3, 0.4) is 0 Å². The number of nitrogens with zero attached hydrogens (tertiary/aromatic N) is 1. The second-order valence-electron chi connectivity index (χ2n) is 7.18. The molecule has 2 aromatic rings. The van der Waals surface area contributed by atoms with E-state index in [0.29, 0.717) is 24.8 Å². The predicted molar refractivity (Wildman–Crippen MR) is 104 cm³/mol. The Morgan fingerprint density at radius 1 is 1.19 bits per heavy atom. The lowest BCUT2D eigenvalue weighted by molar-refractivity contribution is 0.178. The van der Waals surface area contributed by atoms with Crippen molar-refractivity contribution in [2.45, 2.75) is 39.3 Å². The van der Waals surface area contributed by atoms with E-state index in [4.69, 9.17) is 14.5 Å². The number of aliphatic hydroxyl groups excluding tert-OH is 1. The van der Waals surface area contributed by atoms with Crippen molar-refractivity contribution >= 4 is 5.90 Å². The summed E-state index contributed by atoms with van der Waals surface area (Å²) in [6.07, 6.45) is -0.117. The molecule has 138 valence electrons. The average Bonchev–Trinajstić information content (AvgIpc) is 3.12. The third kappa shape index (κ3) is 3.91. The van der Waals surface area contributed by atoms with Crippen LogP contribution in [0.2, 0.25) is 0 Å². The molecule has 0 aliphatic carbocycles. The fourth-order valence-corrected chi connectivity index (χ4v) is 3.14. The van der Waals surface area contributed by atoms with Crippen molar-refractivity contribution in [3.8, 4) is 5.75 Å². The Kier molecular flexibility index (Phi) is 5.62. The number of hydrogen-bond donors (Lipinski definition) is 1. The molecule has 0 radical (unpaired) electrons. The van der Waals surface area contributed by atoms with Crippen LogP contribution in [0.5, 0.6) is 5.75 Å². The minimum Gasteiger partial charge on any atom is -0.496 e. The van der Waals surface area contributed by atoms with Gasteiger partial charge in [0.2, 0.25) is 5.90 Å². The number of aryl methyl sites for hydroxylation is 1. The smallest absolute Gasteiger partial charge is 0.220 e. The lowest BCUT2D eigenvalue weighted by Crippen LogP contribution is -2.13. The van der Waals surface area contributed by atoms with Crippen LogP contribution in [0.15, 0.2) is 47.5 Å². The van der Waals surface area contributed by atoms with Crippen molar-refractivity contribution in [2.24, 2.45) is 10.9 Å². The van der Waals surface area contributed by atoms with Gasteiger partial charge in [0.1, 0.15) is 12.4 Å². The van der Waals surface area contributed by atoms with Crippen LogP contribution in [-0.2, 0) is 11.2 Å². The Balaban J connectivity index is 1.92. The summed E-state index contributed by atoms with van der Waals surface area (Å²) in [6.45, 7) is 6.91. The quantitative estimate of drug-likeness (QED) is 0.851. The molecule has 0 aromatic heterocycles. The summed E-state index contributed by atoms with van der Waals surface area (Å²) in [7, 11) is 1.65. The van der Waals surface area contributed by atoms with Gasteiger partial charge in [-0.15, -0.1) is 0 Å². The van der Waals surface area contributed by atoms with Crippen LogP contribution >= 0.6 is 0 Å². The second kappa shape index (κ2) is 7.92. The lowest BCUT2D eigenvalue weighted by Gasteiger charge is -2.17. The molecule has 0 amide bonds. The molecule has 1 aliphatic heterocycles. The van der Waals surface area contributed by atoms with Crippen molar-refractivity contribution in [3.05, 3.63) is 64.7 Å². The normalized spacial score (nSPS) is 17.8. The molecule has 1 heterocycles. The molecule has 1 aliphatic rings. The van der Waals surface area contributed by atoms with Gasteiger partial charge in [0.05, 0.1) is 24.8 Å². The molecule has 0 saturated carbocycles. The van der Waals surface area contributed by atoms with E-state index in [1.54, 1.807) is 7.11 Å². The van der Waals surface area contributed by atoms with E-state index < -0.39 is 6.10 Å². The minimum absolute atomic E-state index is 0.157. The summed E-state index contributed by atoms with van der Waals surface area (Å²) in [5.41, 5.74) is 3.90.